The van der Waals surface area contributed by atoms with Crippen molar-refractivity contribution in [2.75, 3.05) is 0 Å². The maximum atomic E-state index is 13.5. The van der Waals surface area contributed by atoms with Crippen molar-refractivity contribution >= 4 is 10.9 Å². The molecule has 3 aromatic rings. The largest absolute Gasteiger partial charge is 0.352 e. The molecule has 4 heteroatoms. The molecule has 0 atom stereocenters. The summed E-state index contributed by atoms with van der Waals surface area (Å²) < 4.78 is 27.0. The molecule has 0 aliphatic rings. The molecule has 1 aromatic carbocycles. The van der Waals surface area contributed by atoms with Crippen LogP contribution in [0.15, 0.2) is 42.7 Å². The summed E-state index contributed by atoms with van der Waals surface area (Å²) in [6, 6.07) is 7.42. The number of aromatic amines is 1. The highest BCUT2D eigenvalue weighted by Crippen LogP contribution is 2.26. The Morgan fingerprint density at radius 2 is 1.88 bits per heavy atom. The van der Waals surface area contributed by atoms with Gasteiger partial charge in [-0.1, -0.05) is 0 Å². The molecule has 0 aliphatic heterocycles. The molecular weight excluding hydrogens is 222 g/mol. The van der Waals surface area contributed by atoms with Gasteiger partial charge in [0.15, 0.2) is 0 Å². The van der Waals surface area contributed by atoms with Gasteiger partial charge in [0.05, 0.1) is 5.52 Å². The van der Waals surface area contributed by atoms with Gasteiger partial charge in [-0.2, -0.15) is 0 Å². The first-order valence-corrected chi connectivity index (χ1v) is 5.13. The van der Waals surface area contributed by atoms with E-state index in [0.717, 1.165) is 17.7 Å². The predicted molar refractivity (Wildman–Crippen MR) is 61.4 cm³/mol. The molecule has 2 aromatic heterocycles. The average molecular weight is 230 g/mol. The molecule has 0 bridgehead atoms. The van der Waals surface area contributed by atoms with Crippen LogP contribution >= 0.6 is 0 Å². The molecule has 0 amide bonds. The van der Waals surface area contributed by atoms with E-state index in [4.69, 9.17) is 0 Å². The van der Waals surface area contributed by atoms with Gasteiger partial charge >= 0.3 is 0 Å². The summed E-state index contributed by atoms with van der Waals surface area (Å²) >= 11 is 0. The maximum absolute atomic E-state index is 13.5. The summed E-state index contributed by atoms with van der Waals surface area (Å²) in [6.45, 7) is 0. The number of rotatable bonds is 1. The Balaban J connectivity index is 2.27. The van der Waals surface area contributed by atoms with Crippen LogP contribution in [0.25, 0.3) is 22.2 Å². The van der Waals surface area contributed by atoms with Gasteiger partial charge in [0.25, 0.3) is 0 Å². The van der Waals surface area contributed by atoms with Crippen LogP contribution in [0, 0.1) is 11.6 Å². The molecule has 17 heavy (non-hydrogen) atoms. The number of hydrogen-bond acceptors (Lipinski definition) is 1. The number of fused-ring (bicyclic) bond motifs is 1. The number of nitrogens with zero attached hydrogens (tertiary/aromatic N) is 1. The highest BCUT2D eigenvalue weighted by atomic mass is 19.1. The van der Waals surface area contributed by atoms with Crippen molar-refractivity contribution in [2.24, 2.45) is 0 Å². The second kappa shape index (κ2) is 3.66. The van der Waals surface area contributed by atoms with Crippen molar-refractivity contribution in [3.63, 3.8) is 0 Å². The van der Waals surface area contributed by atoms with E-state index in [0.29, 0.717) is 5.69 Å². The second-order valence-corrected chi connectivity index (χ2v) is 3.74. The Hall–Kier alpha value is -2.23. The van der Waals surface area contributed by atoms with Crippen molar-refractivity contribution in [2.45, 2.75) is 0 Å². The standard InChI is InChI=1S/C13H8F2N2/c14-10-3-4-11(15)13-9(10)6-12(17-13)8-2-1-5-16-7-8/h1-7,17H. The Morgan fingerprint density at radius 1 is 1.06 bits per heavy atom. The zero-order valence-corrected chi connectivity index (χ0v) is 8.74. The second-order valence-electron chi connectivity index (χ2n) is 3.74. The van der Waals surface area contributed by atoms with E-state index >= 15 is 0 Å². The molecule has 0 spiro atoms. The SMILES string of the molecule is Fc1ccc(F)c2[nH]c(-c3cccnc3)cc12. The summed E-state index contributed by atoms with van der Waals surface area (Å²) in [5, 5.41) is 0.254. The van der Waals surface area contributed by atoms with Crippen molar-refractivity contribution in [1.29, 1.82) is 0 Å². The van der Waals surface area contributed by atoms with Crippen molar-refractivity contribution < 1.29 is 8.78 Å². The summed E-state index contributed by atoms with van der Waals surface area (Å²) in [6.07, 6.45) is 3.29. The number of benzene rings is 1. The number of halogens is 2. The van der Waals surface area contributed by atoms with Crippen LogP contribution in [-0.2, 0) is 0 Å². The summed E-state index contributed by atoms with van der Waals surface area (Å²) in [4.78, 5) is 6.83. The van der Waals surface area contributed by atoms with Crippen LogP contribution in [-0.4, -0.2) is 9.97 Å². The molecule has 84 valence electrons. The molecule has 3 rings (SSSR count). The fraction of sp³-hybridized carbons (Fsp3) is 0. The van der Waals surface area contributed by atoms with E-state index in [2.05, 4.69) is 9.97 Å². The third kappa shape index (κ3) is 1.58. The molecule has 0 saturated carbocycles. The Morgan fingerprint density at radius 3 is 2.59 bits per heavy atom. The first kappa shape index (κ1) is 9.96. The van der Waals surface area contributed by atoms with Crippen LogP contribution in [0.3, 0.4) is 0 Å². The lowest BCUT2D eigenvalue weighted by Gasteiger charge is -1.94. The van der Waals surface area contributed by atoms with Gasteiger partial charge in [0, 0.05) is 29.0 Å². The number of aromatic nitrogens is 2. The van der Waals surface area contributed by atoms with E-state index in [1.165, 1.54) is 0 Å². The van der Waals surface area contributed by atoms with Gasteiger partial charge in [-0.3, -0.25) is 4.98 Å². The number of nitrogens with one attached hydrogen (secondary N) is 1. The quantitative estimate of drug-likeness (QED) is 0.680. The van der Waals surface area contributed by atoms with Crippen molar-refractivity contribution in [1.82, 2.24) is 9.97 Å². The van der Waals surface area contributed by atoms with Crippen molar-refractivity contribution in [3.8, 4) is 11.3 Å². The Bertz CT molecular complexity index is 635. The fourth-order valence-corrected chi connectivity index (χ4v) is 1.83. The minimum Gasteiger partial charge on any atom is -0.352 e. The van der Waals surface area contributed by atoms with Gasteiger partial charge in [0.2, 0.25) is 0 Å². The molecule has 2 nitrogen and oxygen atoms in total. The van der Waals surface area contributed by atoms with E-state index in [9.17, 15) is 8.78 Å². The smallest absolute Gasteiger partial charge is 0.147 e. The van der Waals surface area contributed by atoms with E-state index < -0.39 is 11.6 Å². The van der Waals surface area contributed by atoms with E-state index in [1.54, 1.807) is 24.5 Å². The van der Waals surface area contributed by atoms with Crippen LogP contribution < -0.4 is 0 Å². The highest BCUT2D eigenvalue weighted by Gasteiger charge is 2.10. The van der Waals surface area contributed by atoms with Crippen LogP contribution in [0.4, 0.5) is 8.78 Å². The number of pyridine rings is 1. The van der Waals surface area contributed by atoms with Crippen molar-refractivity contribution in [3.05, 3.63) is 54.4 Å². The molecule has 2 heterocycles. The molecule has 0 radical (unpaired) electrons. The van der Waals surface area contributed by atoms with Crippen LogP contribution in [0.1, 0.15) is 0 Å². The topological polar surface area (TPSA) is 28.7 Å². The zero-order chi connectivity index (χ0) is 11.8. The molecule has 0 aliphatic carbocycles. The normalized spacial score (nSPS) is 10.9. The lowest BCUT2D eigenvalue weighted by atomic mass is 10.2. The minimum absolute atomic E-state index is 0.184. The Labute approximate surface area is 95.9 Å². The van der Waals surface area contributed by atoms with Gasteiger partial charge in [0.1, 0.15) is 11.6 Å². The minimum atomic E-state index is -0.462. The lowest BCUT2D eigenvalue weighted by molar-refractivity contribution is 0.616. The van der Waals surface area contributed by atoms with Gasteiger partial charge in [-0.15, -0.1) is 0 Å². The van der Waals surface area contributed by atoms with E-state index in [1.807, 2.05) is 6.07 Å². The maximum Gasteiger partial charge on any atom is 0.147 e. The van der Waals surface area contributed by atoms with Crippen LogP contribution in [0.5, 0.6) is 0 Å². The highest BCUT2D eigenvalue weighted by molar-refractivity contribution is 5.86. The summed E-state index contributed by atoms with van der Waals surface area (Å²) in [5.41, 5.74) is 1.63. The van der Waals surface area contributed by atoms with Gasteiger partial charge in [-0.05, 0) is 30.3 Å². The summed E-state index contributed by atoms with van der Waals surface area (Å²) in [5.74, 6) is -0.899. The third-order valence-electron chi connectivity index (χ3n) is 2.66. The van der Waals surface area contributed by atoms with Crippen LogP contribution in [0.2, 0.25) is 0 Å². The Kier molecular flexibility index (Phi) is 2.14. The fourth-order valence-electron chi connectivity index (χ4n) is 1.83. The molecule has 1 N–H and O–H groups in total. The molecule has 0 saturated heterocycles. The number of hydrogen-bond donors (Lipinski definition) is 1. The monoisotopic (exact) mass is 230 g/mol. The summed E-state index contributed by atoms with van der Waals surface area (Å²) in [7, 11) is 0. The molecular formula is C13H8F2N2. The zero-order valence-electron chi connectivity index (χ0n) is 8.74. The third-order valence-corrected chi connectivity index (χ3v) is 2.66. The number of H-pyrrole nitrogens is 1. The molecule has 0 fully saturated rings. The van der Waals surface area contributed by atoms with Gasteiger partial charge < -0.3 is 4.98 Å². The van der Waals surface area contributed by atoms with Gasteiger partial charge in [-0.25, -0.2) is 8.78 Å². The average Bonchev–Trinajstić information content (AvgIpc) is 2.81. The van der Waals surface area contributed by atoms with E-state index in [-0.39, 0.29) is 10.9 Å². The lowest BCUT2D eigenvalue weighted by Crippen LogP contribution is -1.81. The first-order chi connectivity index (χ1) is 8.25. The predicted octanol–water partition coefficient (Wildman–Crippen LogP) is 3.51. The molecule has 0 unspecified atom stereocenters. The first-order valence-electron chi connectivity index (χ1n) is 5.13.